The van der Waals surface area contributed by atoms with E-state index < -0.39 is 46.5 Å². The van der Waals surface area contributed by atoms with Crippen molar-refractivity contribution in [3.05, 3.63) is 59.7 Å². The zero-order valence-corrected chi connectivity index (χ0v) is 61.6. The Bertz CT molecular complexity index is 2570. The van der Waals surface area contributed by atoms with Crippen molar-refractivity contribution in [2.24, 2.45) is 0 Å². The Kier molecular flexibility index (Phi) is 38.6. The summed E-state index contributed by atoms with van der Waals surface area (Å²) in [7, 11) is -23.0. The van der Waals surface area contributed by atoms with Gasteiger partial charge in [-0.2, -0.15) is 0 Å². The number of rotatable bonds is 35. The highest BCUT2D eigenvalue weighted by molar-refractivity contribution is 7.52. The van der Waals surface area contributed by atoms with Crippen LogP contribution in [0.2, 0.25) is 0 Å². The summed E-state index contributed by atoms with van der Waals surface area (Å²) in [4.78, 5) is 4.61. The maximum Gasteiger partial charge on any atom is 0.408 e. The fraction of sp³-hybridized carbons (Fsp3) is 0.793. The molecule has 0 unspecified atom stereocenters. The first-order chi connectivity index (χ1) is 43.2. The van der Waals surface area contributed by atoms with Gasteiger partial charge in [0, 0.05) is 105 Å². The van der Waals surface area contributed by atoms with Crippen LogP contribution >= 0.6 is 46.5 Å². The topological polar surface area (TPSA) is 239 Å². The number of benzene rings is 2. The van der Waals surface area contributed by atoms with Gasteiger partial charge in [-0.25, -0.2) is 55.4 Å². The predicted molar refractivity (Wildman–Crippen MR) is 355 cm³/mol. The van der Waals surface area contributed by atoms with Gasteiger partial charge in [0.25, 0.3) is 0 Å². The van der Waals surface area contributed by atoms with Gasteiger partial charge < -0.3 is 0 Å². The molecule has 26 nitrogen and oxygen atoms in total. The molecule has 2 aliphatic rings. The minimum absolute atomic E-state index is 0.136. The van der Waals surface area contributed by atoms with Crippen molar-refractivity contribution in [2.75, 3.05) is 184 Å². The third kappa shape index (κ3) is 25.1. The van der Waals surface area contributed by atoms with Crippen molar-refractivity contribution in [3.63, 3.8) is 0 Å². The first-order valence-corrected chi connectivity index (χ1v) is 41.7. The molecular formula is C58H112N8O18P6. The largest absolute Gasteiger partial charge is 0.408 e. The predicted octanol–water partition coefficient (Wildman–Crippen LogP) is 13.4. The Balaban J connectivity index is 1.84. The van der Waals surface area contributed by atoms with Gasteiger partial charge in [-0.3, -0.25) is 64.1 Å². The first-order valence-electron chi connectivity index (χ1n) is 32.7. The Hall–Kier alpha value is -0.980. The average molecular weight is 1400 g/mol. The molecule has 32 heteroatoms. The van der Waals surface area contributed by atoms with Crippen LogP contribution in [0.15, 0.2) is 48.5 Å². The molecule has 0 amide bonds. The number of hydrogen-bond donors (Lipinski definition) is 0. The maximum atomic E-state index is 14.8. The molecule has 2 fully saturated rings. The fourth-order valence-corrected chi connectivity index (χ4v) is 21.5. The first kappa shape index (κ1) is 81.4. The highest BCUT2D eigenvalue weighted by atomic mass is 31.2. The van der Waals surface area contributed by atoms with Crippen molar-refractivity contribution >= 4 is 46.5 Å². The van der Waals surface area contributed by atoms with Gasteiger partial charge in [0.2, 0.25) is 0 Å². The van der Waals surface area contributed by atoms with E-state index in [9.17, 15) is 27.4 Å². The lowest BCUT2D eigenvalue weighted by Crippen LogP contribution is -2.40. The highest BCUT2D eigenvalue weighted by Crippen LogP contribution is 2.58. The third-order valence-electron chi connectivity index (χ3n) is 14.7. The molecule has 4 rings (SSSR count). The van der Waals surface area contributed by atoms with E-state index in [1.165, 1.54) is 0 Å². The van der Waals surface area contributed by atoms with Crippen molar-refractivity contribution in [2.45, 2.75) is 122 Å². The van der Waals surface area contributed by atoms with Crippen molar-refractivity contribution in [1.82, 2.24) is 37.8 Å². The fourth-order valence-electron chi connectivity index (χ4n) is 10.9. The molecule has 90 heavy (non-hydrogen) atoms. The van der Waals surface area contributed by atoms with Crippen molar-refractivity contribution in [1.29, 1.82) is 0 Å². The molecule has 0 spiro atoms. The molecule has 2 saturated heterocycles. The van der Waals surface area contributed by atoms with E-state index >= 15 is 0 Å². The normalized spacial score (nSPS) is 18.8. The summed E-state index contributed by atoms with van der Waals surface area (Å²) < 4.78 is 170. The van der Waals surface area contributed by atoms with Crippen LogP contribution in [0.5, 0.6) is 0 Å². The molecule has 2 aromatic rings. The molecular weight excluding hydrogens is 1280 g/mol. The molecule has 0 saturated carbocycles. The lowest BCUT2D eigenvalue weighted by molar-refractivity contribution is 0.133. The summed E-state index contributed by atoms with van der Waals surface area (Å²) >= 11 is 0. The number of hydrogen-bond acceptors (Lipinski definition) is 20. The quantitative estimate of drug-likeness (QED) is 0.0583. The lowest BCUT2D eigenvalue weighted by Gasteiger charge is -2.36. The zero-order chi connectivity index (χ0) is 66.1. The Morgan fingerprint density at radius 1 is 0.289 bits per heavy atom. The van der Waals surface area contributed by atoms with Gasteiger partial charge in [0.15, 0.2) is 0 Å². The van der Waals surface area contributed by atoms with Crippen LogP contribution in [0.25, 0.3) is 11.1 Å². The van der Waals surface area contributed by atoms with Gasteiger partial charge in [-0.05, 0) is 150 Å². The Morgan fingerprint density at radius 2 is 0.533 bits per heavy atom. The smallest absolute Gasteiger partial charge is 0.298 e. The summed E-state index contributed by atoms with van der Waals surface area (Å²) in [5.41, 5.74) is 4.06. The van der Waals surface area contributed by atoms with Gasteiger partial charge in [0.1, 0.15) is 0 Å². The van der Waals surface area contributed by atoms with E-state index in [0.29, 0.717) is 84.6 Å². The van der Waals surface area contributed by atoms with Crippen LogP contribution in [-0.2, 0) is 94.8 Å². The Labute approximate surface area is 540 Å². The molecule has 522 valence electrons. The van der Waals surface area contributed by atoms with Crippen LogP contribution in [0.3, 0.4) is 0 Å². The zero-order valence-electron chi connectivity index (χ0n) is 56.3. The second-order valence-electron chi connectivity index (χ2n) is 20.9. The van der Waals surface area contributed by atoms with E-state index in [1.54, 1.807) is 111 Å². The molecule has 0 bridgehead atoms. The molecule has 0 aliphatic carbocycles. The minimum atomic E-state index is -3.84. The summed E-state index contributed by atoms with van der Waals surface area (Å²) in [6.07, 6.45) is 1.79. The van der Waals surface area contributed by atoms with E-state index in [0.717, 1.165) is 22.3 Å². The second kappa shape index (κ2) is 42.6. The van der Waals surface area contributed by atoms with Gasteiger partial charge in [0.05, 0.1) is 79.3 Å². The lowest BCUT2D eigenvalue weighted by atomic mass is 9.96. The molecule has 2 aliphatic heterocycles. The van der Waals surface area contributed by atoms with E-state index in [-0.39, 0.29) is 138 Å². The van der Waals surface area contributed by atoms with Crippen molar-refractivity contribution < 1.29 is 81.7 Å². The Morgan fingerprint density at radius 3 is 0.800 bits per heavy atom. The van der Waals surface area contributed by atoms with E-state index in [4.69, 9.17) is 54.3 Å². The average Bonchev–Trinajstić information content (AvgIpc) is 1.96. The van der Waals surface area contributed by atoms with Crippen LogP contribution in [0, 0.1) is 0 Å². The summed E-state index contributed by atoms with van der Waals surface area (Å²) in [5, 5.41) is 0. The molecule has 2 heterocycles. The highest BCUT2D eigenvalue weighted by Gasteiger charge is 2.42. The summed E-state index contributed by atoms with van der Waals surface area (Å²) in [5.74, 6) is 0. The van der Waals surface area contributed by atoms with E-state index in [2.05, 4.69) is 40.1 Å². The van der Waals surface area contributed by atoms with Crippen molar-refractivity contribution in [3.8, 4) is 11.1 Å². The summed E-state index contributed by atoms with van der Waals surface area (Å²) in [6, 6.07) is 16.7. The number of nitrogens with zero attached hydrogens (tertiary/aromatic N) is 8. The standard InChI is InChI=1S/C58H112N8O18P6/c1-13-73-85(67,74-14-2)61-40-30-42-65(89(71,81-21-9)82-22-10)50-48-63(87(69,77-17-5)78-18-6)38-28-36-59(44-46-61)53-55-34-35-57(58(52-55)56-32-26-25-27-33-56)54-60-37-29-39-64(88(70,79-19-7)80-20-8)49-51-66(90(72,83-23-11)84-24-12)43-31-41-62(47-45-60)86(68,75-15-3)76-16-4/h25-27,32-35,52H,13-24,28-31,36-51,53-54H2,1-12H3. The molecule has 0 atom stereocenters. The second-order valence-corrected chi connectivity index (χ2v) is 33.0. The van der Waals surface area contributed by atoms with Crippen LogP contribution in [0.4, 0.5) is 0 Å². The van der Waals surface area contributed by atoms with Crippen LogP contribution in [0.1, 0.15) is 120 Å². The van der Waals surface area contributed by atoms with Gasteiger partial charge in [-0.1, -0.05) is 42.5 Å². The SMILES string of the molecule is CCOP(=O)(OCC)N1CCCN(P(=O)(OCC)OCC)CCN(P(=O)(OCC)OCC)CCCN(Cc2ccc(CN3CCCN(P(=O)(OCC)OCC)CCN(P(=O)(OCC)OCC)CCCN(P(=O)(OCC)OCC)CC3)c(-c3ccccc3)c2)CC1. The summed E-state index contributed by atoms with van der Waals surface area (Å²) in [6.45, 7) is 28.6. The minimum Gasteiger partial charge on any atom is -0.298 e. The van der Waals surface area contributed by atoms with Crippen LogP contribution in [-0.4, -0.2) is 222 Å². The molecule has 2 aromatic carbocycles. The molecule has 0 aromatic heterocycles. The molecule has 0 N–H and O–H groups in total. The van der Waals surface area contributed by atoms with E-state index in [1.807, 2.05) is 18.2 Å². The van der Waals surface area contributed by atoms with Gasteiger partial charge in [-0.15, -0.1) is 0 Å². The van der Waals surface area contributed by atoms with Crippen LogP contribution < -0.4 is 0 Å². The third-order valence-corrected chi connectivity index (χ3v) is 28.2. The monoisotopic (exact) mass is 1390 g/mol. The maximum absolute atomic E-state index is 14.8. The molecule has 0 radical (unpaired) electrons. The van der Waals surface area contributed by atoms with Gasteiger partial charge >= 0.3 is 46.5 Å².